The third-order valence-electron chi connectivity index (χ3n) is 11.3. The van der Waals surface area contributed by atoms with Crippen LogP contribution in [0.2, 0.25) is 0 Å². The summed E-state index contributed by atoms with van der Waals surface area (Å²) in [4.78, 5) is 0. The SMILES string of the molecule is Cc1ccccc1-c1ccc2c(c1)c1ccccc1n2-c1cc(C#N)cc(-n2c3ccccc3c3cc(-c4ccccc4C)ccc32)c1-c1ccc(C#N)cc1. The first kappa shape index (κ1) is 32.9. The van der Waals surface area contributed by atoms with Crippen molar-refractivity contribution in [2.24, 2.45) is 0 Å². The number of aryl methyl sites for hydroxylation is 2. The topological polar surface area (TPSA) is 57.4 Å². The van der Waals surface area contributed by atoms with Crippen LogP contribution in [0.3, 0.4) is 0 Å². The van der Waals surface area contributed by atoms with E-state index in [0.29, 0.717) is 11.1 Å². The van der Waals surface area contributed by atoms with Gasteiger partial charge >= 0.3 is 0 Å². The van der Waals surface area contributed by atoms with Gasteiger partial charge in [0.15, 0.2) is 0 Å². The van der Waals surface area contributed by atoms with Gasteiger partial charge in [0.2, 0.25) is 0 Å². The summed E-state index contributed by atoms with van der Waals surface area (Å²) in [6.07, 6.45) is 0. The van der Waals surface area contributed by atoms with E-state index in [1.807, 2.05) is 36.4 Å². The molecule has 0 unspecified atom stereocenters. The minimum Gasteiger partial charge on any atom is -0.308 e. The van der Waals surface area contributed by atoms with Gasteiger partial charge in [-0.1, -0.05) is 109 Å². The predicted octanol–water partition coefficient (Wildman–Crippen LogP) is 13.2. The number of hydrogen-bond acceptors (Lipinski definition) is 2. The molecule has 0 N–H and O–H groups in total. The van der Waals surface area contributed by atoms with Crippen LogP contribution in [0.5, 0.6) is 0 Å². The Balaban J connectivity index is 1.32. The third-order valence-corrected chi connectivity index (χ3v) is 11.3. The maximum Gasteiger partial charge on any atom is 0.0993 e. The molecule has 4 nitrogen and oxygen atoms in total. The smallest absolute Gasteiger partial charge is 0.0993 e. The van der Waals surface area contributed by atoms with Crippen molar-refractivity contribution in [3.63, 3.8) is 0 Å². The molecule has 0 atom stereocenters. The molecule has 0 bridgehead atoms. The molecule has 0 saturated heterocycles. The maximum atomic E-state index is 10.7. The lowest BCUT2D eigenvalue weighted by molar-refractivity contribution is 1.13. The highest BCUT2D eigenvalue weighted by molar-refractivity contribution is 6.13. The van der Waals surface area contributed by atoms with Crippen LogP contribution >= 0.6 is 0 Å². The van der Waals surface area contributed by atoms with Crippen LogP contribution in [0.1, 0.15) is 22.3 Å². The van der Waals surface area contributed by atoms with E-state index in [9.17, 15) is 10.5 Å². The van der Waals surface area contributed by atoms with E-state index >= 15 is 0 Å². The van der Waals surface area contributed by atoms with Crippen LogP contribution in [-0.2, 0) is 0 Å². The molecule has 0 amide bonds. The van der Waals surface area contributed by atoms with E-state index in [0.717, 1.165) is 77.2 Å². The predicted molar refractivity (Wildman–Crippen MR) is 230 cm³/mol. The lowest BCUT2D eigenvalue weighted by Crippen LogP contribution is -2.05. The molecule has 0 saturated carbocycles. The van der Waals surface area contributed by atoms with Crippen LogP contribution in [-0.4, -0.2) is 9.13 Å². The summed E-state index contributed by atoms with van der Waals surface area (Å²) in [5.74, 6) is 0. The Bertz CT molecular complexity index is 3100. The summed E-state index contributed by atoms with van der Waals surface area (Å²) in [6, 6.07) is 64.1. The Kier molecular flexibility index (Phi) is 7.66. The van der Waals surface area contributed by atoms with Crippen molar-refractivity contribution in [3.8, 4) is 56.9 Å². The van der Waals surface area contributed by atoms with Crippen LogP contribution in [0.25, 0.3) is 88.4 Å². The van der Waals surface area contributed by atoms with Crippen LogP contribution < -0.4 is 0 Å². The molecular weight excluding hydrogens is 681 g/mol. The standard InChI is InChI=1S/C52H34N4/c1-33-11-3-5-13-40(33)38-23-25-48-44(29-38)42-15-7-9-17-46(42)55(48)50-27-36(32-54)28-51(52(50)37-21-19-35(31-53)20-22-37)56-47-18-10-8-16-43(47)45-30-39(24-26-49(45)56)41-14-6-4-12-34(41)2/h3-30H,1-2H3. The molecule has 262 valence electrons. The van der Waals surface area contributed by atoms with Gasteiger partial charge in [0.05, 0.1) is 56.7 Å². The van der Waals surface area contributed by atoms with Crippen molar-refractivity contribution in [3.05, 3.63) is 192 Å². The molecular formula is C52H34N4. The highest BCUT2D eigenvalue weighted by Gasteiger charge is 2.24. The molecule has 10 aromatic rings. The van der Waals surface area contributed by atoms with E-state index in [2.05, 4.69) is 169 Å². The monoisotopic (exact) mass is 714 g/mol. The van der Waals surface area contributed by atoms with Crippen molar-refractivity contribution >= 4 is 43.6 Å². The van der Waals surface area contributed by atoms with Gasteiger partial charge < -0.3 is 9.13 Å². The molecule has 0 aliphatic rings. The number of nitrogens with zero attached hydrogens (tertiary/aromatic N) is 4. The summed E-state index contributed by atoms with van der Waals surface area (Å²) >= 11 is 0. The Morgan fingerprint density at radius 1 is 0.375 bits per heavy atom. The number of aromatic nitrogens is 2. The molecule has 8 aromatic carbocycles. The Morgan fingerprint density at radius 3 is 1.25 bits per heavy atom. The zero-order valence-electron chi connectivity index (χ0n) is 31.0. The molecule has 2 aromatic heterocycles. The van der Waals surface area contributed by atoms with Crippen molar-refractivity contribution in [1.29, 1.82) is 10.5 Å². The van der Waals surface area contributed by atoms with Gasteiger partial charge in [-0.05, 0) is 113 Å². The maximum absolute atomic E-state index is 10.7. The van der Waals surface area contributed by atoms with Crippen LogP contribution in [0.4, 0.5) is 0 Å². The minimum absolute atomic E-state index is 0.553. The summed E-state index contributed by atoms with van der Waals surface area (Å²) in [5, 5.41) is 25.1. The van der Waals surface area contributed by atoms with E-state index in [4.69, 9.17) is 0 Å². The van der Waals surface area contributed by atoms with Crippen molar-refractivity contribution < 1.29 is 0 Å². The van der Waals surface area contributed by atoms with Crippen LogP contribution in [0.15, 0.2) is 170 Å². The third kappa shape index (κ3) is 5.12. The summed E-state index contributed by atoms with van der Waals surface area (Å²) < 4.78 is 4.63. The summed E-state index contributed by atoms with van der Waals surface area (Å²) in [7, 11) is 0. The minimum atomic E-state index is 0.553. The molecule has 10 rings (SSSR count). The molecule has 0 aliphatic heterocycles. The fraction of sp³-hybridized carbons (Fsp3) is 0.0385. The van der Waals surface area contributed by atoms with Crippen molar-refractivity contribution in [1.82, 2.24) is 9.13 Å². The fourth-order valence-corrected chi connectivity index (χ4v) is 8.63. The average molecular weight is 715 g/mol. The molecule has 0 aliphatic carbocycles. The second-order valence-corrected chi connectivity index (χ2v) is 14.5. The normalized spacial score (nSPS) is 11.4. The van der Waals surface area contributed by atoms with Gasteiger partial charge in [0.1, 0.15) is 0 Å². The van der Waals surface area contributed by atoms with E-state index in [1.165, 1.54) is 22.3 Å². The number of nitriles is 2. The van der Waals surface area contributed by atoms with Gasteiger partial charge in [-0.25, -0.2) is 0 Å². The summed E-state index contributed by atoms with van der Waals surface area (Å²) in [5.41, 5.74) is 16.2. The summed E-state index contributed by atoms with van der Waals surface area (Å²) in [6.45, 7) is 4.31. The first-order chi connectivity index (χ1) is 27.5. The van der Waals surface area contributed by atoms with Gasteiger partial charge in [-0.2, -0.15) is 10.5 Å². The lowest BCUT2D eigenvalue weighted by Gasteiger charge is -2.21. The second-order valence-electron chi connectivity index (χ2n) is 14.5. The largest absolute Gasteiger partial charge is 0.308 e. The number of hydrogen-bond donors (Lipinski definition) is 0. The first-order valence-corrected chi connectivity index (χ1v) is 18.8. The van der Waals surface area contributed by atoms with E-state index in [-0.39, 0.29) is 0 Å². The highest BCUT2D eigenvalue weighted by atomic mass is 15.0. The van der Waals surface area contributed by atoms with Gasteiger partial charge in [-0.3, -0.25) is 0 Å². The molecule has 56 heavy (non-hydrogen) atoms. The lowest BCUT2D eigenvalue weighted by atomic mass is 9.97. The van der Waals surface area contributed by atoms with E-state index in [1.54, 1.807) is 0 Å². The first-order valence-electron chi connectivity index (χ1n) is 18.8. The molecule has 0 spiro atoms. The Hall–Kier alpha value is -7.66. The molecule has 2 heterocycles. The molecule has 4 heteroatoms. The van der Waals surface area contributed by atoms with Crippen molar-refractivity contribution in [2.75, 3.05) is 0 Å². The number of fused-ring (bicyclic) bond motifs is 6. The number of para-hydroxylation sites is 2. The number of rotatable bonds is 5. The quantitative estimate of drug-likeness (QED) is 0.178. The molecule has 0 fully saturated rings. The molecule has 0 radical (unpaired) electrons. The van der Waals surface area contributed by atoms with Gasteiger partial charge in [0.25, 0.3) is 0 Å². The Morgan fingerprint density at radius 2 is 0.786 bits per heavy atom. The van der Waals surface area contributed by atoms with E-state index < -0.39 is 0 Å². The number of benzene rings is 8. The zero-order valence-corrected chi connectivity index (χ0v) is 31.0. The highest BCUT2D eigenvalue weighted by Crippen LogP contribution is 2.44. The van der Waals surface area contributed by atoms with Gasteiger partial charge in [0, 0.05) is 27.1 Å². The second kappa shape index (κ2) is 13.0. The fourth-order valence-electron chi connectivity index (χ4n) is 8.63. The Labute approximate surface area is 325 Å². The van der Waals surface area contributed by atoms with Crippen LogP contribution in [0, 0.1) is 36.5 Å². The van der Waals surface area contributed by atoms with Gasteiger partial charge in [-0.15, -0.1) is 0 Å². The zero-order chi connectivity index (χ0) is 37.9. The van der Waals surface area contributed by atoms with Crippen molar-refractivity contribution in [2.45, 2.75) is 13.8 Å². The average Bonchev–Trinajstić information content (AvgIpc) is 3.75.